The maximum absolute atomic E-state index is 7.15. The first kappa shape index (κ1) is 3.61. The topological polar surface area (TPSA) is 30.2 Å². The monoisotopic (exact) mass is 120 g/mol. The minimum Gasteiger partial charge on any atom is -0.236 e. The van der Waals surface area contributed by atoms with Crippen molar-refractivity contribution < 1.29 is 1.37 Å². The molecule has 2 rings (SSSR count). The highest BCUT2D eigenvalue weighted by molar-refractivity contribution is 5.34. The summed E-state index contributed by atoms with van der Waals surface area (Å²) < 4.78 is 8.72. The van der Waals surface area contributed by atoms with Gasteiger partial charge in [-0.3, -0.25) is 0 Å². The summed E-state index contributed by atoms with van der Waals surface area (Å²) in [7, 11) is 0. The van der Waals surface area contributed by atoms with Crippen molar-refractivity contribution in [1.82, 2.24) is 14.6 Å². The lowest BCUT2D eigenvalue weighted by molar-refractivity contribution is 0.936. The van der Waals surface area contributed by atoms with Crippen molar-refractivity contribution in [2.45, 2.75) is 0 Å². The Morgan fingerprint density at radius 2 is 2.67 bits per heavy atom. The molecule has 9 heavy (non-hydrogen) atoms. The number of nitrogens with zero attached hydrogens (tertiary/aromatic N) is 3. The summed E-state index contributed by atoms with van der Waals surface area (Å²) in [4.78, 5) is 3.88. The van der Waals surface area contributed by atoms with E-state index in [1.54, 1.807) is 23.0 Å². The third kappa shape index (κ3) is 0.579. The Kier molecular flexibility index (Phi) is 0.621. The first-order valence-corrected chi connectivity index (χ1v) is 2.63. The van der Waals surface area contributed by atoms with Crippen molar-refractivity contribution in [3.05, 3.63) is 30.7 Å². The van der Waals surface area contributed by atoms with Gasteiger partial charge in [-0.1, -0.05) is 0 Å². The van der Waals surface area contributed by atoms with E-state index in [-0.39, 0.29) is 6.17 Å². The smallest absolute Gasteiger partial charge is 0.153 e. The Balaban J connectivity index is 2.88. The zero-order valence-corrected chi connectivity index (χ0v) is 4.65. The van der Waals surface area contributed by atoms with Gasteiger partial charge in [0.05, 0.1) is 1.37 Å². The van der Waals surface area contributed by atoms with E-state index >= 15 is 0 Å². The summed E-state index contributed by atoms with van der Waals surface area (Å²) in [6, 6.07) is 3.60. The molecule has 0 spiro atoms. The Labute approximate surface area is 53.4 Å². The van der Waals surface area contributed by atoms with E-state index in [0.717, 1.165) is 0 Å². The largest absolute Gasteiger partial charge is 0.236 e. The number of hydrogen-bond acceptors (Lipinski definition) is 2. The predicted molar refractivity (Wildman–Crippen MR) is 33.0 cm³/mol. The number of hydrogen-bond donors (Lipinski definition) is 0. The molecular formula is C6H5N3. The van der Waals surface area contributed by atoms with E-state index in [9.17, 15) is 0 Å². The molecule has 0 amide bonds. The van der Waals surface area contributed by atoms with Gasteiger partial charge in [0.1, 0.15) is 0 Å². The van der Waals surface area contributed by atoms with Crippen LogP contribution in [0.5, 0.6) is 0 Å². The van der Waals surface area contributed by atoms with E-state index in [1.165, 1.54) is 0 Å². The number of rotatable bonds is 0. The molecule has 0 saturated heterocycles. The van der Waals surface area contributed by atoms with Crippen molar-refractivity contribution in [2.75, 3.05) is 0 Å². The average Bonchev–Trinajstić information content (AvgIpc) is 2.27. The maximum atomic E-state index is 7.15. The maximum Gasteiger partial charge on any atom is 0.153 e. The molecule has 0 aliphatic heterocycles. The minimum atomic E-state index is 0.249. The first-order valence-electron chi connectivity index (χ1n) is 3.13. The second-order valence-corrected chi connectivity index (χ2v) is 1.70. The van der Waals surface area contributed by atoms with Gasteiger partial charge >= 0.3 is 0 Å². The SMILES string of the molecule is [2H]c1cn2ncccc2n1. The van der Waals surface area contributed by atoms with Crippen LogP contribution in [0.4, 0.5) is 0 Å². The van der Waals surface area contributed by atoms with Crippen molar-refractivity contribution in [3.8, 4) is 0 Å². The summed E-state index contributed by atoms with van der Waals surface area (Å²) >= 11 is 0. The van der Waals surface area contributed by atoms with Gasteiger partial charge in [-0.05, 0) is 12.1 Å². The summed E-state index contributed by atoms with van der Waals surface area (Å²) in [6.07, 6.45) is 3.47. The molecule has 0 unspecified atom stereocenters. The molecule has 2 aromatic rings. The van der Waals surface area contributed by atoms with E-state index in [0.29, 0.717) is 5.65 Å². The van der Waals surface area contributed by atoms with Crippen molar-refractivity contribution in [2.24, 2.45) is 0 Å². The van der Waals surface area contributed by atoms with Crippen LogP contribution in [0, 0.1) is 0 Å². The molecule has 0 radical (unpaired) electrons. The van der Waals surface area contributed by atoms with Gasteiger partial charge in [0.25, 0.3) is 0 Å². The highest BCUT2D eigenvalue weighted by Crippen LogP contribution is 1.93. The minimum absolute atomic E-state index is 0.249. The molecule has 0 bridgehead atoms. The molecule has 2 heterocycles. The van der Waals surface area contributed by atoms with Crippen LogP contribution >= 0.6 is 0 Å². The van der Waals surface area contributed by atoms with Gasteiger partial charge < -0.3 is 0 Å². The molecule has 0 atom stereocenters. The highest BCUT2D eigenvalue weighted by atomic mass is 15.2. The standard InChI is InChI=1S/C6H5N3/c1-2-6-7-4-5-9(6)8-3-1/h1-5H/i4D. The van der Waals surface area contributed by atoms with Gasteiger partial charge in [-0.25, -0.2) is 9.50 Å². The van der Waals surface area contributed by atoms with Crippen LogP contribution in [0.1, 0.15) is 1.37 Å². The lowest BCUT2D eigenvalue weighted by Gasteiger charge is -1.85. The Morgan fingerprint density at radius 1 is 1.67 bits per heavy atom. The third-order valence-electron chi connectivity index (χ3n) is 1.12. The van der Waals surface area contributed by atoms with E-state index < -0.39 is 0 Å². The van der Waals surface area contributed by atoms with Gasteiger partial charge in [0.15, 0.2) is 5.65 Å². The molecule has 2 aromatic heterocycles. The fraction of sp³-hybridized carbons (Fsp3) is 0. The second-order valence-electron chi connectivity index (χ2n) is 1.70. The zero-order chi connectivity index (χ0) is 6.97. The van der Waals surface area contributed by atoms with Gasteiger partial charge in [-0.2, -0.15) is 5.10 Å². The fourth-order valence-corrected chi connectivity index (χ4v) is 0.713. The first-order chi connectivity index (χ1) is 4.86. The van der Waals surface area contributed by atoms with Crippen LogP contribution in [0.2, 0.25) is 0 Å². The Morgan fingerprint density at radius 3 is 3.56 bits per heavy atom. The lowest BCUT2D eigenvalue weighted by Crippen LogP contribution is -1.85. The van der Waals surface area contributed by atoms with Gasteiger partial charge in [-0.15, -0.1) is 0 Å². The zero-order valence-electron chi connectivity index (χ0n) is 5.65. The van der Waals surface area contributed by atoms with Crippen LogP contribution in [0.25, 0.3) is 5.65 Å². The summed E-state index contributed by atoms with van der Waals surface area (Å²) in [5, 5.41) is 3.94. The molecule has 3 heteroatoms. The molecular weight excluding hydrogens is 114 g/mol. The van der Waals surface area contributed by atoms with Gasteiger partial charge in [0.2, 0.25) is 0 Å². The number of imidazole rings is 1. The third-order valence-corrected chi connectivity index (χ3v) is 1.12. The van der Waals surface area contributed by atoms with E-state index in [4.69, 9.17) is 1.37 Å². The highest BCUT2D eigenvalue weighted by Gasteiger charge is 1.86. The molecule has 0 fully saturated rings. The lowest BCUT2D eigenvalue weighted by atomic mass is 10.6. The fourth-order valence-electron chi connectivity index (χ4n) is 0.713. The van der Waals surface area contributed by atoms with Gasteiger partial charge in [0, 0.05) is 18.6 Å². The van der Waals surface area contributed by atoms with Crippen LogP contribution in [0.3, 0.4) is 0 Å². The van der Waals surface area contributed by atoms with Crippen LogP contribution < -0.4 is 0 Å². The summed E-state index contributed by atoms with van der Waals surface area (Å²) in [5.74, 6) is 0. The summed E-state index contributed by atoms with van der Waals surface area (Å²) in [6.45, 7) is 0. The van der Waals surface area contributed by atoms with Crippen LogP contribution in [-0.4, -0.2) is 14.6 Å². The Hall–Kier alpha value is -1.38. The second kappa shape index (κ2) is 1.55. The molecule has 44 valence electrons. The molecule has 0 aliphatic rings. The quantitative estimate of drug-likeness (QED) is 0.513. The Bertz CT molecular complexity index is 322. The van der Waals surface area contributed by atoms with Crippen molar-refractivity contribution >= 4 is 5.65 Å². The molecule has 0 saturated carbocycles. The summed E-state index contributed by atoms with van der Waals surface area (Å²) in [5.41, 5.74) is 0.715. The molecule has 3 nitrogen and oxygen atoms in total. The molecule has 0 aromatic carbocycles. The molecule has 0 aliphatic carbocycles. The van der Waals surface area contributed by atoms with Crippen LogP contribution in [-0.2, 0) is 0 Å². The van der Waals surface area contributed by atoms with Crippen LogP contribution in [0.15, 0.2) is 30.7 Å². The number of fused-ring (bicyclic) bond motifs is 1. The van der Waals surface area contributed by atoms with E-state index in [2.05, 4.69) is 10.1 Å². The van der Waals surface area contributed by atoms with Crippen molar-refractivity contribution in [1.29, 1.82) is 0 Å². The normalized spacial score (nSPS) is 11.8. The van der Waals surface area contributed by atoms with E-state index in [1.807, 2.05) is 6.07 Å². The average molecular weight is 120 g/mol. The number of aromatic nitrogens is 3. The van der Waals surface area contributed by atoms with Crippen molar-refractivity contribution in [3.63, 3.8) is 0 Å². The molecule has 0 N–H and O–H groups in total. The predicted octanol–water partition coefficient (Wildman–Crippen LogP) is 0.729.